The van der Waals surface area contributed by atoms with Gasteiger partial charge in [0.25, 0.3) is 0 Å². The normalized spacial score (nSPS) is 11.6. The fourth-order valence-electron chi connectivity index (χ4n) is 13.5. The van der Waals surface area contributed by atoms with Crippen molar-refractivity contribution >= 4 is 107 Å². The average Bonchev–Trinajstić information content (AvgIpc) is 1.91. The molecule has 88 heavy (non-hydrogen) atoms. The van der Waals surface area contributed by atoms with E-state index >= 15 is 0 Å². The second-order valence-corrected chi connectivity index (χ2v) is 24.8. The number of hydrogen-bond acceptors (Lipinski definition) is 2. The van der Waals surface area contributed by atoms with Crippen LogP contribution in [0.3, 0.4) is 0 Å². The standard InChI is InChI=1S/2C42H27NS/c1-2-11-28(12-3-1)31-25-26-39-36(27-31)34-14-5-8-18-38(34)43(39)37-17-7-4-13-32(37)29-21-23-30(24-22-29)33-16-10-20-41-42(33)35-15-6-9-19-40(35)44-41;1-2-10-28(11-3-1)31-22-24-40-36(26-31)34-13-5-8-16-39(34)43(40)38-15-7-4-12-33(38)30-20-18-29(19-21-30)32-23-25-42-37(27-32)35-14-6-9-17-41(35)44-42/h2*1-27H. The van der Waals surface area contributed by atoms with Crippen molar-refractivity contribution in [2.24, 2.45) is 0 Å². The lowest BCUT2D eigenvalue weighted by atomic mass is 9.96. The van der Waals surface area contributed by atoms with E-state index in [-0.39, 0.29) is 0 Å². The fraction of sp³-hybridized carbons (Fsp3) is 0. The molecule has 0 fully saturated rings. The monoisotopic (exact) mass is 1150 g/mol. The van der Waals surface area contributed by atoms with Gasteiger partial charge < -0.3 is 9.13 Å². The van der Waals surface area contributed by atoms with E-state index < -0.39 is 0 Å². The van der Waals surface area contributed by atoms with Gasteiger partial charge >= 0.3 is 0 Å². The summed E-state index contributed by atoms with van der Waals surface area (Å²) in [6.45, 7) is 0. The van der Waals surface area contributed by atoms with Crippen LogP contribution in [0.15, 0.2) is 328 Å². The lowest BCUT2D eigenvalue weighted by Gasteiger charge is -2.15. The third kappa shape index (κ3) is 8.84. The van der Waals surface area contributed by atoms with E-state index in [2.05, 4.69) is 337 Å². The van der Waals surface area contributed by atoms with Crippen LogP contribution in [-0.4, -0.2) is 9.13 Å². The minimum absolute atomic E-state index is 1.19. The summed E-state index contributed by atoms with van der Waals surface area (Å²) in [6, 6.07) is 119. The highest BCUT2D eigenvalue weighted by Gasteiger charge is 2.20. The van der Waals surface area contributed by atoms with Crippen LogP contribution in [0.4, 0.5) is 0 Å². The Labute approximate surface area is 518 Å². The molecule has 18 rings (SSSR count). The summed E-state index contributed by atoms with van der Waals surface area (Å²) in [6.07, 6.45) is 0. The molecule has 0 amide bonds. The number of para-hydroxylation sites is 4. The second-order valence-electron chi connectivity index (χ2n) is 22.7. The summed E-state index contributed by atoms with van der Waals surface area (Å²) in [5, 5.41) is 10.4. The largest absolute Gasteiger partial charge is 0.309 e. The molecule has 4 heteroatoms. The predicted octanol–water partition coefficient (Wildman–Crippen LogP) is 24.3. The molecule has 0 aliphatic rings. The predicted molar refractivity (Wildman–Crippen MR) is 380 cm³/mol. The van der Waals surface area contributed by atoms with Crippen molar-refractivity contribution in [3.63, 3.8) is 0 Å². The molecule has 2 nitrogen and oxygen atoms in total. The van der Waals surface area contributed by atoms with Crippen LogP contribution in [0.25, 0.3) is 162 Å². The molecule has 0 spiro atoms. The van der Waals surface area contributed by atoms with Crippen LogP contribution in [0.1, 0.15) is 0 Å². The number of thiophene rings is 2. The first-order chi connectivity index (χ1) is 43.6. The van der Waals surface area contributed by atoms with Gasteiger partial charge in [0.2, 0.25) is 0 Å². The molecule has 0 saturated heterocycles. The summed E-state index contributed by atoms with van der Waals surface area (Å²) >= 11 is 3.73. The summed E-state index contributed by atoms with van der Waals surface area (Å²) < 4.78 is 10.2. The summed E-state index contributed by atoms with van der Waals surface area (Å²) in [7, 11) is 0. The van der Waals surface area contributed by atoms with E-state index in [0.29, 0.717) is 0 Å². The van der Waals surface area contributed by atoms with Gasteiger partial charge in [0, 0.05) is 73.0 Å². The maximum Gasteiger partial charge on any atom is 0.0541 e. The van der Waals surface area contributed by atoms with E-state index in [1.54, 1.807) is 0 Å². The Balaban J connectivity index is 0.000000137. The van der Waals surface area contributed by atoms with Crippen LogP contribution in [-0.2, 0) is 0 Å². The maximum atomic E-state index is 2.43. The molecule has 18 aromatic rings. The Bertz CT molecular complexity index is 5670. The zero-order valence-electron chi connectivity index (χ0n) is 47.9. The first-order valence-corrected chi connectivity index (χ1v) is 31.7. The molecular weight excluding hydrogens is 1100 g/mol. The first kappa shape index (κ1) is 51.5. The Morgan fingerprint density at radius 3 is 1.08 bits per heavy atom. The minimum atomic E-state index is 1.19. The molecule has 0 radical (unpaired) electrons. The van der Waals surface area contributed by atoms with Gasteiger partial charge in [-0.3, -0.25) is 0 Å². The van der Waals surface area contributed by atoms with E-state index in [0.717, 1.165) is 0 Å². The van der Waals surface area contributed by atoms with Gasteiger partial charge in [0.15, 0.2) is 0 Å². The molecule has 0 N–H and O–H groups in total. The van der Waals surface area contributed by atoms with Crippen molar-refractivity contribution in [2.45, 2.75) is 0 Å². The van der Waals surface area contributed by atoms with E-state index in [1.807, 2.05) is 22.7 Å². The Morgan fingerprint density at radius 2 is 0.523 bits per heavy atom. The third-order valence-corrected chi connectivity index (χ3v) is 20.0. The zero-order chi connectivity index (χ0) is 58.1. The number of fused-ring (bicyclic) bond motifs is 12. The van der Waals surface area contributed by atoms with Gasteiger partial charge in [-0.15, -0.1) is 22.7 Å². The van der Waals surface area contributed by atoms with Crippen LogP contribution in [0.2, 0.25) is 0 Å². The molecule has 4 aromatic heterocycles. The Morgan fingerprint density at radius 1 is 0.182 bits per heavy atom. The fourth-order valence-corrected chi connectivity index (χ4v) is 15.7. The van der Waals surface area contributed by atoms with Crippen molar-refractivity contribution in [3.05, 3.63) is 328 Å². The summed E-state index contributed by atoms with van der Waals surface area (Å²) in [5.74, 6) is 0. The molecule has 0 bridgehead atoms. The van der Waals surface area contributed by atoms with E-state index in [9.17, 15) is 0 Å². The number of rotatable bonds is 8. The number of aromatic nitrogens is 2. The van der Waals surface area contributed by atoms with Crippen molar-refractivity contribution in [1.29, 1.82) is 0 Å². The van der Waals surface area contributed by atoms with Crippen LogP contribution in [0, 0.1) is 0 Å². The third-order valence-electron chi connectivity index (χ3n) is 17.7. The second kappa shape index (κ2) is 21.6. The lowest BCUT2D eigenvalue weighted by Crippen LogP contribution is -1.97. The lowest BCUT2D eigenvalue weighted by molar-refractivity contribution is 1.18. The molecule has 14 aromatic carbocycles. The number of benzene rings is 14. The highest BCUT2D eigenvalue weighted by atomic mass is 32.1. The van der Waals surface area contributed by atoms with Gasteiger partial charge in [-0.2, -0.15) is 0 Å². The Hall–Kier alpha value is -10.9. The van der Waals surface area contributed by atoms with Gasteiger partial charge in [0.1, 0.15) is 0 Å². The molecule has 412 valence electrons. The topological polar surface area (TPSA) is 9.86 Å². The van der Waals surface area contributed by atoms with Crippen molar-refractivity contribution in [2.75, 3.05) is 0 Å². The molecular formula is C84H54N2S2. The molecule has 0 atom stereocenters. The van der Waals surface area contributed by atoms with Crippen LogP contribution >= 0.6 is 22.7 Å². The first-order valence-electron chi connectivity index (χ1n) is 30.0. The maximum absolute atomic E-state index is 2.43. The smallest absolute Gasteiger partial charge is 0.0541 e. The van der Waals surface area contributed by atoms with E-state index in [4.69, 9.17) is 0 Å². The molecule has 4 heterocycles. The van der Waals surface area contributed by atoms with Crippen molar-refractivity contribution in [1.82, 2.24) is 9.13 Å². The SMILES string of the molecule is c1ccc(-c2ccc3c(c2)c2ccccc2n3-c2ccccc2-c2ccc(-c3ccc4sc5ccccc5c4c3)cc2)cc1.c1ccc(-c2ccc3c(c2)c2ccccc2n3-c2ccccc2-c2ccc(-c3cccc4sc5ccccc5c34)cc2)cc1. The highest BCUT2D eigenvalue weighted by Crippen LogP contribution is 2.44. The van der Waals surface area contributed by atoms with Crippen LogP contribution in [0.5, 0.6) is 0 Å². The van der Waals surface area contributed by atoms with Gasteiger partial charge in [0.05, 0.1) is 33.4 Å². The number of hydrogen-bond donors (Lipinski definition) is 0. The number of nitrogens with zero attached hydrogens (tertiary/aromatic N) is 2. The van der Waals surface area contributed by atoms with Gasteiger partial charge in [-0.25, -0.2) is 0 Å². The van der Waals surface area contributed by atoms with Crippen molar-refractivity contribution in [3.8, 4) is 78.1 Å². The van der Waals surface area contributed by atoms with Gasteiger partial charge in [-0.05, 0) is 134 Å². The zero-order valence-corrected chi connectivity index (χ0v) is 49.5. The molecule has 0 saturated carbocycles. The minimum Gasteiger partial charge on any atom is -0.309 e. The van der Waals surface area contributed by atoms with Gasteiger partial charge in [-0.1, -0.05) is 249 Å². The highest BCUT2D eigenvalue weighted by molar-refractivity contribution is 7.26. The average molecular weight is 1160 g/mol. The quantitative estimate of drug-likeness (QED) is 0.144. The summed E-state index contributed by atoms with van der Waals surface area (Å²) in [4.78, 5) is 0. The van der Waals surface area contributed by atoms with Crippen molar-refractivity contribution < 1.29 is 0 Å². The summed E-state index contributed by atoms with van der Waals surface area (Å²) in [5.41, 5.74) is 22.0. The molecule has 0 aliphatic carbocycles. The van der Waals surface area contributed by atoms with Crippen LogP contribution < -0.4 is 0 Å². The molecule has 0 aliphatic heterocycles. The van der Waals surface area contributed by atoms with E-state index in [1.165, 1.54) is 162 Å². The molecule has 0 unspecified atom stereocenters. The Kier molecular flexibility index (Phi) is 12.6.